The quantitative estimate of drug-likeness (QED) is 0.153. The number of aryl methyl sites for hydroxylation is 2. The van der Waals surface area contributed by atoms with Crippen LogP contribution in [-0.4, -0.2) is 0 Å². The molecule has 0 N–H and O–H groups in total. The van der Waals surface area contributed by atoms with Crippen molar-refractivity contribution in [3.8, 4) is 0 Å². The van der Waals surface area contributed by atoms with Gasteiger partial charge in [-0.1, -0.05) is 120 Å². The van der Waals surface area contributed by atoms with Gasteiger partial charge in [0, 0.05) is 44.3 Å². The van der Waals surface area contributed by atoms with Crippen molar-refractivity contribution in [3.63, 3.8) is 0 Å². The van der Waals surface area contributed by atoms with Crippen LogP contribution in [0.3, 0.4) is 0 Å². The van der Waals surface area contributed by atoms with Crippen LogP contribution in [0.15, 0.2) is 158 Å². The van der Waals surface area contributed by atoms with Crippen LogP contribution in [0.4, 0.5) is 34.1 Å². The molecular formula is C40H32N2. The zero-order valence-corrected chi connectivity index (χ0v) is 23.9. The molecule has 7 aromatic rings. The molecule has 0 saturated heterocycles. The van der Waals surface area contributed by atoms with Gasteiger partial charge in [0.25, 0.3) is 0 Å². The molecule has 0 bridgehead atoms. The molecule has 0 aliphatic rings. The van der Waals surface area contributed by atoms with Crippen molar-refractivity contribution in [1.29, 1.82) is 0 Å². The summed E-state index contributed by atoms with van der Waals surface area (Å²) in [5, 5.41) is 4.79. The summed E-state index contributed by atoms with van der Waals surface area (Å²) in [5.41, 5.74) is 9.37. The van der Waals surface area contributed by atoms with Gasteiger partial charge in [-0.3, -0.25) is 0 Å². The van der Waals surface area contributed by atoms with Crippen LogP contribution in [0.1, 0.15) is 11.1 Å². The molecule has 0 heterocycles. The molecule has 0 aliphatic carbocycles. The number of benzene rings is 7. The fraction of sp³-hybridized carbons (Fsp3) is 0.0500. The highest BCUT2D eigenvalue weighted by Gasteiger charge is 2.24. The van der Waals surface area contributed by atoms with Crippen LogP contribution in [0.25, 0.3) is 21.5 Å². The van der Waals surface area contributed by atoms with E-state index in [2.05, 4.69) is 181 Å². The average molecular weight is 541 g/mol. The van der Waals surface area contributed by atoms with Crippen molar-refractivity contribution in [3.05, 3.63) is 169 Å². The molecule has 0 aromatic heterocycles. The van der Waals surface area contributed by atoms with E-state index in [1.165, 1.54) is 44.0 Å². The van der Waals surface area contributed by atoms with Crippen LogP contribution < -0.4 is 9.80 Å². The van der Waals surface area contributed by atoms with Gasteiger partial charge < -0.3 is 9.80 Å². The third-order valence-corrected chi connectivity index (χ3v) is 7.93. The lowest BCUT2D eigenvalue weighted by molar-refractivity contribution is 1.28. The average Bonchev–Trinajstić information content (AvgIpc) is 3.05. The predicted molar refractivity (Wildman–Crippen MR) is 180 cm³/mol. The van der Waals surface area contributed by atoms with Gasteiger partial charge >= 0.3 is 0 Å². The van der Waals surface area contributed by atoms with Crippen molar-refractivity contribution in [2.45, 2.75) is 13.8 Å². The molecule has 0 radical (unpaired) electrons. The Labute approximate surface area is 247 Å². The summed E-state index contributed by atoms with van der Waals surface area (Å²) in [5.74, 6) is 0. The molecule has 2 heteroatoms. The first kappa shape index (κ1) is 25.6. The van der Waals surface area contributed by atoms with E-state index in [0.717, 1.165) is 22.7 Å². The predicted octanol–water partition coefficient (Wildman–Crippen LogP) is 11.5. The molecule has 42 heavy (non-hydrogen) atoms. The molecule has 0 atom stereocenters. The second kappa shape index (κ2) is 10.9. The normalized spacial score (nSPS) is 11.1. The zero-order valence-electron chi connectivity index (χ0n) is 23.9. The molecule has 2 nitrogen and oxygen atoms in total. The molecule has 0 aliphatic heterocycles. The van der Waals surface area contributed by atoms with Gasteiger partial charge in [-0.25, -0.2) is 0 Å². The van der Waals surface area contributed by atoms with Gasteiger partial charge in [-0.05, 0) is 62.4 Å². The van der Waals surface area contributed by atoms with E-state index >= 15 is 0 Å². The SMILES string of the molecule is Cc1ccc(N(c2ccc(C)cc2)c2c3ccccc3c(N(c3ccccc3)c3ccccc3)c3ccccc23)cc1. The third-order valence-electron chi connectivity index (χ3n) is 7.93. The Bertz CT molecular complexity index is 1840. The van der Waals surface area contributed by atoms with Gasteiger partial charge in [-0.15, -0.1) is 0 Å². The maximum Gasteiger partial charge on any atom is 0.0619 e. The number of fused-ring (bicyclic) bond motifs is 2. The molecule has 0 amide bonds. The Balaban J connectivity index is 1.61. The smallest absolute Gasteiger partial charge is 0.0619 e. The van der Waals surface area contributed by atoms with Crippen LogP contribution >= 0.6 is 0 Å². The standard InChI is InChI=1S/C40H32N2/c1-29-21-25-33(26-22-29)42(34-27-23-30(2)24-28-34)40-37-19-11-9-17-35(37)39(36-18-10-12-20-38(36)40)41(31-13-5-3-6-14-31)32-15-7-4-8-16-32/h3-28H,1-2H3. The molecule has 0 spiro atoms. The number of hydrogen-bond donors (Lipinski definition) is 0. The monoisotopic (exact) mass is 540 g/mol. The first-order chi connectivity index (χ1) is 20.7. The van der Waals surface area contributed by atoms with Crippen molar-refractivity contribution < 1.29 is 0 Å². The Morgan fingerprint density at radius 1 is 0.286 bits per heavy atom. The van der Waals surface area contributed by atoms with Crippen molar-refractivity contribution in [2.24, 2.45) is 0 Å². The number of anilines is 6. The fourth-order valence-corrected chi connectivity index (χ4v) is 5.92. The minimum Gasteiger partial charge on any atom is -0.309 e. The molecule has 0 fully saturated rings. The summed E-state index contributed by atoms with van der Waals surface area (Å²) in [7, 11) is 0. The van der Waals surface area contributed by atoms with Crippen molar-refractivity contribution in [2.75, 3.05) is 9.80 Å². The van der Waals surface area contributed by atoms with Gasteiger partial charge in [-0.2, -0.15) is 0 Å². The van der Waals surface area contributed by atoms with E-state index in [9.17, 15) is 0 Å². The molecular weight excluding hydrogens is 508 g/mol. The number of rotatable bonds is 6. The maximum absolute atomic E-state index is 2.42. The van der Waals surface area contributed by atoms with Crippen LogP contribution in [0.2, 0.25) is 0 Å². The summed E-state index contributed by atoms with van der Waals surface area (Å²) in [6.45, 7) is 4.28. The van der Waals surface area contributed by atoms with Crippen LogP contribution in [0, 0.1) is 13.8 Å². The van der Waals surface area contributed by atoms with Crippen LogP contribution in [-0.2, 0) is 0 Å². The van der Waals surface area contributed by atoms with E-state index < -0.39 is 0 Å². The first-order valence-corrected chi connectivity index (χ1v) is 14.5. The lowest BCUT2D eigenvalue weighted by atomic mass is 9.95. The molecule has 7 rings (SSSR count). The topological polar surface area (TPSA) is 6.48 Å². The number of nitrogens with zero attached hydrogens (tertiary/aromatic N) is 2. The van der Waals surface area contributed by atoms with E-state index in [-0.39, 0.29) is 0 Å². The largest absolute Gasteiger partial charge is 0.309 e. The second-order valence-electron chi connectivity index (χ2n) is 10.8. The molecule has 7 aromatic carbocycles. The van der Waals surface area contributed by atoms with E-state index in [0.29, 0.717) is 0 Å². The lowest BCUT2D eigenvalue weighted by Crippen LogP contribution is -2.14. The summed E-state index contributed by atoms with van der Waals surface area (Å²) in [6, 6.07) is 56.7. The maximum atomic E-state index is 2.42. The lowest BCUT2D eigenvalue weighted by Gasteiger charge is -2.32. The molecule has 202 valence electrons. The van der Waals surface area contributed by atoms with E-state index in [1.807, 2.05) is 0 Å². The second-order valence-corrected chi connectivity index (χ2v) is 10.8. The van der Waals surface area contributed by atoms with Crippen molar-refractivity contribution in [1.82, 2.24) is 0 Å². The Morgan fingerprint density at radius 3 is 0.857 bits per heavy atom. The first-order valence-electron chi connectivity index (χ1n) is 14.5. The zero-order chi connectivity index (χ0) is 28.5. The fourth-order valence-electron chi connectivity index (χ4n) is 5.92. The number of para-hydroxylation sites is 2. The Morgan fingerprint density at radius 2 is 0.548 bits per heavy atom. The van der Waals surface area contributed by atoms with Crippen molar-refractivity contribution >= 4 is 55.7 Å². The summed E-state index contributed by atoms with van der Waals surface area (Å²) < 4.78 is 0. The van der Waals surface area contributed by atoms with Gasteiger partial charge in [0.2, 0.25) is 0 Å². The van der Waals surface area contributed by atoms with Gasteiger partial charge in [0.15, 0.2) is 0 Å². The summed E-state index contributed by atoms with van der Waals surface area (Å²) in [6.07, 6.45) is 0. The minimum atomic E-state index is 1.13. The van der Waals surface area contributed by atoms with Crippen LogP contribution in [0.5, 0.6) is 0 Å². The van der Waals surface area contributed by atoms with E-state index in [4.69, 9.17) is 0 Å². The third kappa shape index (κ3) is 4.57. The highest BCUT2D eigenvalue weighted by atomic mass is 15.2. The highest BCUT2D eigenvalue weighted by molar-refractivity contribution is 6.23. The number of hydrogen-bond acceptors (Lipinski definition) is 2. The summed E-state index contributed by atoms with van der Waals surface area (Å²) in [4.78, 5) is 4.82. The Kier molecular flexibility index (Phi) is 6.65. The summed E-state index contributed by atoms with van der Waals surface area (Å²) >= 11 is 0. The molecule has 0 unspecified atom stereocenters. The highest BCUT2D eigenvalue weighted by Crippen LogP contribution is 2.50. The van der Waals surface area contributed by atoms with Gasteiger partial charge in [0.05, 0.1) is 11.4 Å². The van der Waals surface area contributed by atoms with E-state index in [1.54, 1.807) is 0 Å². The molecule has 0 saturated carbocycles. The van der Waals surface area contributed by atoms with Gasteiger partial charge in [0.1, 0.15) is 0 Å². The Hall–Kier alpha value is -5.34. The minimum absolute atomic E-state index is 1.13.